The van der Waals surface area contributed by atoms with E-state index in [1.165, 1.54) is 0 Å². The lowest BCUT2D eigenvalue weighted by atomic mass is 10.2. The van der Waals surface area contributed by atoms with Gasteiger partial charge < -0.3 is 4.84 Å². The first-order valence-electron chi connectivity index (χ1n) is 6.87. The summed E-state index contributed by atoms with van der Waals surface area (Å²) < 4.78 is 0.861. The number of aryl methyl sites for hydroxylation is 2. The lowest BCUT2D eigenvalue weighted by Crippen LogP contribution is -2.02. The van der Waals surface area contributed by atoms with Gasteiger partial charge in [0.2, 0.25) is 0 Å². The molecule has 5 heteroatoms. The van der Waals surface area contributed by atoms with Crippen LogP contribution in [-0.4, -0.2) is 22.3 Å². The van der Waals surface area contributed by atoms with Gasteiger partial charge >= 0.3 is 0 Å². The number of pyridine rings is 2. The molecule has 2 heterocycles. The van der Waals surface area contributed by atoms with E-state index in [-0.39, 0.29) is 0 Å². The molecule has 2 aromatic heterocycles. The lowest BCUT2D eigenvalue weighted by molar-refractivity contribution is 0.141. The van der Waals surface area contributed by atoms with Crippen molar-refractivity contribution in [3.05, 3.63) is 58.1 Å². The van der Waals surface area contributed by atoms with Gasteiger partial charge in [-0.05, 0) is 66.9 Å². The Bertz CT molecular complexity index is 628. The van der Waals surface area contributed by atoms with Crippen LogP contribution in [0.15, 0.2) is 46.2 Å². The second kappa shape index (κ2) is 7.88. The zero-order chi connectivity index (χ0) is 15.1. The minimum absolute atomic E-state index is 0.567. The number of rotatable bonds is 6. The highest BCUT2D eigenvalue weighted by atomic mass is 79.9. The Morgan fingerprint density at radius 1 is 1.19 bits per heavy atom. The lowest BCUT2D eigenvalue weighted by Gasteiger charge is -2.03. The molecule has 110 valence electrons. The monoisotopic (exact) mass is 347 g/mol. The minimum Gasteiger partial charge on any atom is -0.396 e. The Morgan fingerprint density at radius 3 is 2.76 bits per heavy atom. The van der Waals surface area contributed by atoms with Crippen molar-refractivity contribution in [2.75, 3.05) is 6.61 Å². The molecule has 0 aliphatic carbocycles. The van der Waals surface area contributed by atoms with Crippen molar-refractivity contribution in [3.63, 3.8) is 0 Å². The van der Waals surface area contributed by atoms with Gasteiger partial charge in [-0.2, -0.15) is 0 Å². The fourth-order valence-corrected chi connectivity index (χ4v) is 2.22. The first kappa shape index (κ1) is 15.6. The molecule has 2 aromatic rings. The maximum absolute atomic E-state index is 5.35. The zero-order valence-electron chi connectivity index (χ0n) is 12.2. The van der Waals surface area contributed by atoms with E-state index in [0.717, 1.165) is 40.2 Å². The SMILES string of the molecule is C/C(=N/OCCCc1cccc(Br)n1)c1cccc(C)n1. The van der Waals surface area contributed by atoms with Crippen molar-refractivity contribution < 1.29 is 4.84 Å². The molecule has 0 radical (unpaired) electrons. The molecule has 0 aliphatic heterocycles. The van der Waals surface area contributed by atoms with Gasteiger partial charge in [0.25, 0.3) is 0 Å². The standard InChI is InChI=1S/C16H18BrN3O/c1-12-6-3-9-15(18-12)13(2)20-21-11-5-8-14-7-4-10-16(17)19-14/h3-4,6-7,9-10H,5,8,11H2,1-2H3/b20-13-. The van der Waals surface area contributed by atoms with Gasteiger partial charge in [-0.15, -0.1) is 0 Å². The number of aromatic nitrogens is 2. The third kappa shape index (κ3) is 5.27. The van der Waals surface area contributed by atoms with E-state index in [1.54, 1.807) is 0 Å². The largest absolute Gasteiger partial charge is 0.396 e. The number of halogens is 1. The maximum Gasteiger partial charge on any atom is 0.117 e. The van der Waals surface area contributed by atoms with Crippen molar-refractivity contribution in [2.45, 2.75) is 26.7 Å². The Labute approximate surface area is 133 Å². The van der Waals surface area contributed by atoms with Crippen LogP contribution in [0, 0.1) is 6.92 Å². The summed E-state index contributed by atoms with van der Waals surface area (Å²) in [4.78, 5) is 14.1. The molecule has 0 N–H and O–H groups in total. The normalized spacial score (nSPS) is 11.5. The summed E-state index contributed by atoms with van der Waals surface area (Å²) in [5, 5.41) is 4.11. The van der Waals surface area contributed by atoms with E-state index < -0.39 is 0 Å². The van der Waals surface area contributed by atoms with Gasteiger partial charge in [-0.25, -0.2) is 4.98 Å². The van der Waals surface area contributed by atoms with E-state index in [9.17, 15) is 0 Å². The van der Waals surface area contributed by atoms with Crippen LogP contribution in [0.2, 0.25) is 0 Å². The van der Waals surface area contributed by atoms with Crippen molar-refractivity contribution in [1.29, 1.82) is 0 Å². The molecule has 4 nitrogen and oxygen atoms in total. The van der Waals surface area contributed by atoms with E-state index in [4.69, 9.17) is 4.84 Å². The van der Waals surface area contributed by atoms with Crippen LogP contribution in [0.3, 0.4) is 0 Å². The van der Waals surface area contributed by atoms with Crippen LogP contribution in [0.4, 0.5) is 0 Å². The molecule has 0 saturated carbocycles. The van der Waals surface area contributed by atoms with E-state index in [0.29, 0.717) is 6.61 Å². The van der Waals surface area contributed by atoms with Crippen LogP contribution >= 0.6 is 15.9 Å². The van der Waals surface area contributed by atoms with Crippen molar-refractivity contribution in [2.24, 2.45) is 5.16 Å². The van der Waals surface area contributed by atoms with E-state index >= 15 is 0 Å². The molecule has 0 atom stereocenters. The predicted molar refractivity (Wildman–Crippen MR) is 87.4 cm³/mol. The number of oxime groups is 1. The fourth-order valence-electron chi connectivity index (χ4n) is 1.84. The van der Waals surface area contributed by atoms with E-state index in [2.05, 4.69) is 31.1 Å². The Hall–Kier alpha value is -1.75. The van der Waals surface area contributed by atoms with Crippen LogP contribution in [0.1, 0.15) is 30.4 Å². The zero-order valence-corrected chi connectivity index (χ0v) is 13.8. The number of hydrogen-bond acceptors (Lipinski definition) is 4. The van der Waals surface area contributed by atoms with Crippen LogP contribution < -0.4 is 0 Å². The average molecular weight is 348 g/mol. The average Bonchev–Trinajstić information content (AvgIpc) is 2.47. The molecular formula is C16H18BrN3O. The summed E-state index contributed by atoms with van der Waals surface area (Å²) in [7, 11) is 0. The summed E-state index contributed by atoms with van der Waals surface area (Å²) >= 11 is 3.36. The first-order chi connectivity index (χ1) is 10.1. The van der Waals surface area contributed by atoms with Crippen molar-refractivity contribution >= 4 is 21.6 Å². The highest BCUT2D eigenvalue weighted by Gasteiger charge is 2.00. The van der Waals surface area contributed by atoms with Gasteiger partial charge in [0, 0.05) is 11.4 Å². The Morgan fingerprint density at radius 2 is 2.00 bits per heavy atom. The molecule has 0 bridgehead atoms. The summed E-state index contributed by atoms with van der Waals surface area (Å²) in [6.07, 6.45) is 1.75. The second-order valence-corrected chi connectivity index (χ2v) is 5.54. The smallest absolute Gasteiger partial charge is 0.117 e. The summed E-state index contributed by atoms with van der Waals surface area (Å²) in [6, 6.07) is 11.8. The highest BCUT2D eigenvalue weighted by molar-refractivity contribution is 9.10. The third-order valence-corrected chi connectivity index (χ3v) is 3.34. The minimum atomic E-state index is 0.567. The van der Waals surface area contributed by atoms with Crippen LogP contribution in [0.25, 0.3) is 0 Å². The summed E-state index contributed by atoms with van der Waals surface area (Å²) in [5.41, 5.74) is 3.67. The predicted octanol–water partition coefficient (Wildman–Crippen LogP) is 3.92. The Kier molecular flexibility index (Phi) is 5.87. The van der Waals surface area contributed by atoms with Crippen molar-refractivity contribution in [3.8, 4) is 0 Å². The molecular weight excluding hydrogens is 330 g/mol. The number of hydrogen-bond donors (Lipinski definition) is 0. The van der Waals surface area contributed by atoms with Gasteiger partial charge in [0.05, 0.1) is 5.69 Å². The molecule has 2 rings (SSSR count). The molecule has 0 unspecified atom stereocenters. The topological polar surface area (TPSA) is 47.4 Å². The van der Waals surface area contributed by atoms with Gasteiger partial charge in [0.1, 0.15) is 16.9 Å². The highest BCUT2D eigenvalue weighted by Crippen LogP contribution is 2.08. The van der Waals surface area contributed by atoms with E-state index in [1.807, 2.05) is 50.2 Å². The summed E-state index contributed by atoms with van der Waals surface area (Å²) in [5.74, 6) is 0. The maximum atomic E-state index is 5.35. The number of nitrogens with zero attached hydrogens (tertiary/aromatic N) is 3. The molecule has 0 aliphatic rings. The molecule has 0 saturated heterocycles. The molecule has 0 spiro atoms. The van der Waals surface area contributed by atoms with Crippen molar-refractivity contribution in [1.82, 2.24) is 9.97 Å². The fraction of sp³-hybridized carbons (Fsp3) is 0.312. The Balaban J connectivity index is 1.77. The van der Waals surface area contributed by atoms with Gasteiger partial charge in [0.15, 0.2) is 0 Å². The third-order valence-electron chi connectivity index (χ3n) is 2.90. The van der Waals surface area contributed by atoms with Gasteiger partial charge in [-0.3, -0.25) is 4.98 Å². The quantitative estimate of drug-likeness (QED) is 0.344. The first-order valence-corrected chi connectivity index (χ1v) is 7.66. The van der Waals surface area contributed by atoms with Crippen LogP contribution in [0.5, 0.6) is 0 Å². The molecule has 0 fully saturated rings. The molecule has 0 amide bonds. The second-order valence-electron chi connectivity index (χ2n) is 4.73. The molecule has 21 heavy (non-hydrogen) atoms. The molecule has 0 aromatic carbocycles. The summed E-state index contributed by atoms with van der Waals surface area (Å²) in [6.45, 7) is 4.43. The van der Waals surface area contributed by atoms with Crippen LogP contribution in [-0.2, 0) is 11.3 Å². The van der Waals surface area contributed by atoms with Gasteiger partial charge in [-0.1, -0.05) is 17.3 Å².